The Balaban J connectivity index is 2.44. The lowest BCUT2D eigenvalue weighted by Crippen LogP contribution is -2.00. The van der Waals surface area contributed by atoms with Gasteiger partial charge in [0.15, 0.2) is 0 Å². The minimum Gasteiger partial charge on any atom is -0.381 e. The highest BCUT2D eigenvalue weighted by Gasteiger charge is 2.13. The van der Waals surface area contributed by atoms with Crippen molar-refractivity contribution in [3.8, 4) is 0 Å². The van der Waals surface area contributed by atoms with Crippen molar-refractivity contribution in [2.45, 2.75) is 13.8 Å². The zero-order valence-electron chi connectivity index (χ0n) is 10.9. The molecule has 2 rings (SSSR count). The van der Waals surface area contributed by atoms with Gasteiger partial charge < -0.3 is 5.32 Å². The molecule has 5 nitrogen and oxygen atoms in total. The molecule has 2 aromatic rings. The molecule has 19 heavy (non-hydrogen) atoms. The number of aromatic nitrogens is 1. The number of fused-ring (bicyclic) bond motifs is 1. The molecule has 1 aromatic carbocycles. The number of nitro groups is 1. The van der Waals surface area contributed by atoms with Crippen LogP contribution in [0.15, 0.2) is 42.2 Å². The van der Waals surface area contributed by atoms with Crippen LogP contribution in [-0.2, 0) is 0 Å². The van der Waals surface area contributed by atoms with Crippen LogP contribution in [0.3, 0.4) is 0 Å². The Kier molecular flexibility index (Phi) is 3.75. The zero-order valence-corrected chi connectivity index (χ0v) is 10.9. The van der Waals surface area contributed by atoms with Crippen molar-refractivity contribution in [2.75, 3.05) is 11.9 Å². The van der Waals surface area contributed by atoms with Crippen molar-refractivity contribution < 1.29 is 4.92 Å². The Morgan fingerprint density at radius 1 is 1.37 bits per heavy atom. The van der Waals surface area contributed by atoms with E-state index >= 15 is 0 Å². The highest BCUT2D eigenvalue weighted by molar-refractivity contribution is 5.99. The summed E-state index contributed by atoms with van der Waals surface area (Å²) < 4.78 is 0. The summed E-state index contributed by atoms with van der Waals surface area (Å²) in [5, 5.41) is 15.6. The third-order valence-electron chi connectivity index (χ3n) is 2.79. The molecule has 0 radical (unpaired) electrons. The van der Waals surface area contributed by atoms with Crippen LogP contribution in [-0.4, -0.2) is 16.5 Å². The summed E-state index contributed by atoms with van der Waals surface area (Å²) in [4.78, 5) is 14.6. The van der Waals surface area contributed by atoms with E-state index in [2.05, 4.69) is 16.4 Å². The topological polar surface area (TPSA) is 68.1 Å². The van der Waals surface area contributed by atoms with Gasteiger partial charge in [-0.25, -0.2) is 0 Å². The van der Waals surface area contributed by atoms with E-state index in [-0.39, 0.29) is 10.6 Å². The number of benzene rings is 1. The lowest BCUT2D eigenvalue weighted by atomic mass is 10.1. The van der Waals surface area contributed by atoms with E-state index < -0.39 is 0 Å². The van der Waals surface area contributed by atoms with Gasteiger partial charge in [-0.2, -0.15) is 0 Å². The Morgan fingerprint density at radius 3 is 2.84 bits per heavy atom. The quantitative estimate of drug-likeness (QED) is 0.517. The second kappa shape index (κ2) is 5.48. The Labute approximate surface area is 111 Å². The molecule has 1 aromatic heterocycles. The van der Waals surface area contributed by atoms with Crippen molar-refractivity contribution in [3.05, 3.63) is 52.4 Å². The lowest BCUT2D eigenvalue weighted by Gasteiger charge is -2.08. The number of nitro benzene ring substituents is 1. The number of nitrogens with one attached hydrogen (secondary N) is 1. The van der Waals surface area contributed by atoms with E-state index in [4.69, 9.17) is 0 Å². The average Bonchev–Trinajstić information content (AvgIpc) is 2.38. The molecule has 0 amide bonds. The van der Waals surface area contributed by atoms with Gasteiger partial charge in [0.1, 0.15) is 0 Å². The van der Waals surface area contributed by atoms with Crippen molar-refractivity contribution in [3.63, 3.8) is 0 Å². The lowest BCUT2D eigenvalue weighted by molar-refractivity contribution is -0.383. The number of anilines is 1. The molecule has 0 bridgehead atoms. The van der Waals surface area contributed by atoms with Crippen LogP contribution in [0, 0.1) is 10.1 Å². The molecule has 5 heteroatoms. The minimum atomic E-state index is -0.385. The first-order valence-electron chi connectivity index (χ1n) is 5.98. The molecule has 0 saturated carbocycles. The molecule has 0 spiro atoms. The van der Waals surface area contributed by atoms with Gasteiger partial charge in [-0.3, -0.25) is 15.1 Å². The fourth-order valence-electron chi connectivity index (χ4n) is 1.85. The first-order chi connectivity index (χ1) is 9.09. The molecule has 0 saturated heterocycles. The summed E-state index contributed by atoms with van der Waals surface area (Å²) in [7, 11) is 0. The molecule has 0 aliphatic rings. The van der Waals surface area contributed by atoms with Crippen LogP contribution in [0.1, 0.15) is 13.8 Å². The minimum absolute atomic E-state index is 0.0795. The summed E-state index contributed by atoms with van der Waals surface area (Å²) >= 11 is 0. The number of rotatable bonds is 4. The fraction of sp³-hybridized carbons (Fsp3) is 0.214. The molecule has 0 fully saturated rings. The highest BCUT2D eigenvalue weighted by Crippen LogP contribution is 2.30. The van der Waals surface area contributed by atoms with Crippen LogP contribution in [0.4, 0.5) is 11.4 Å². The summed E-state index contributed by atoms with van der Waals surface area (Å²) in [5.74, 6) is 0. The Morgan fingerprint density at radius 2 is 2.16 bits per heavy atom. The summed E-state index contributed by atoms with van der Waals surface area (Å²) in [5.41, 5.74) is 2.18. The fourth-order valence-corrected chi connectivity index (χ4v) is 1.85. The molecule has 0 aliphatic heterocycles. The SMILES string of the molecule is CC(C)=CCNc1ccc([N+](=O)[O-])c2cnccc12. The number of pyridine rings is 1. The number of hydrogen-bond donors (Lipinski definition) is 1. The van der Waals surface area contributed by atoms with Crippen molar-refractivity contribution in [2.24, 2.45) is 0 Å². The number of hydrogen-bond acceptors (Lipinski definition) is 4. The summed E-state index contributed by atoms with van der Waals surface area (Å²) in [6.45, 7) is 4.75. The maximum atomic E-state index is 11.0. The van der Waals surface area contributed by atoms with Gasteiger partial charge in [-0.05, 0) is 26.0 Å². The van der Waals surface area contributed by atoms with Gasteiger partial charge in [0.05, 0.1) is 10.3 Å². The van der Waals surface area contributed by atoms with Crippen LogP contribution >= 0.6 is 0 Å². The van der Waals surface area contributed by atoms with Gasteiger partial charge in [0, 0.05) is 36.1 Å². The third-order valence-corrected chi connectivity index (χ3v) is 2.79. The van der Waals surface area contributed by atoms with E-state index in [0.717, 1.165) is 11.1 Å². The molecule has 1 N–H and O–H groups in total. The molecular weight excluding hydrogens is 242 g/mol. The molecule has 0 unspecified atom stereocenters. The maximum absolute atomic E-state index is 11.0. The standard InChI is InChI=1S/C14H15N3O2/c1-10(2)5-8-16-13-3-4-14(17(18)19)12-9-15-7-6-11(12)13/h3-7,9,16H,8H2,1-2H3. The monoisotopic (exact) mass is 257 g/mol. The number of allylic oxidation sites excluding steroid dienone is 1. The second-order valence-electron chi connectivity index (χ2n) is 4.47. The average molecular weight is 257 g/mol. The first-order valence-corrected chi connectivity index (χ1v) is 5.98. The zero-order chi connectivity index (χ0) is 13.8. The van der Waals surface area contributed by atoms with Crippen LogP contribution in [0.2, 0.25) is 0 Å². The maximum Gasteiger partial charge on any atom is 0.278 e. The van der Waals surface area contributed by atoms with Crippen molar-refractivity contribution in [1.29, 1.82) is 0 Å². The largest absolute Gasteiger partial charge is 0.381 e. The smallest absolute Gasteiger partial charge is 0.278 e. The van der Waals surface area contributed by atoms with E-state index in [1.54, 1.807) is 18.3 Å². The van der Waals surface area contributed by atoms with Crippen LogP contribution in [0.5, 0.6) is 0 Å². The van der Waals surface area contributed by atoms with Crippen LogP contribution < -0.4 is 5.32 Å². The molecule has 98 valence electrons. The van der Waals surface area contributed by atoms with Crippen molar-refractivity contribution in [1.82, 2.24) is 4.98 Å². The second-order valence-corrected chi connectivity index (χ2v) is 4.47. The van der Waals surface area contributed by atoms with E-state index in [0.29, 0.717) is 11.9 Å². The van der Waals surface area contributed by atoms with Gasteiger partial charge in [0.25, 0.3) is 5.69 Å². The third kappa shape index (κ3) is 2.88. The van der Waals surface area contributed by atoms with E-state index in [9.17, 15) is 10.1 Å². The van der Waals surface area contributed by atoms with E-state index in [1.807, 2.05) is 13.8 Å². The predicted octanol–water partition coefficient (Wildman–Crippen LogP) is 3.52. The molecular formula is C14H15N3O2. The van der Waals surface area contributed by atoms with Crippen LogP contribution in [0.25, 0.3) is 10.8 Å². The summed E-state index contributed by atoms with van der Waals surface area (Å²) in [6, 6.07) is 5.03. The Hall–Kier alpha value is -2.43. The normalized spacial score (nSPS) is 10.2. The van der Waals surface area contributed by atoms with E-state index in [1.165, 1.54) is 17.8 Å². The van der Waals surface area contributed by atoms with Gasteiger partial charge in [-0.1, -0.05) is 11.6 Å². The van der Waals surface area contributed by atoms with Gasteiger partial charge >= 0.3 is 0 Å². The predicted molar refractivity (Wildman–Crippen MR) is 76.3 cm³/mol. The number of non-ortho nitro benzene ring substituents is 1. The molecule has 0 aliphatic carbocycles. The summed E-state index contributed by atoms with van der Waals surface area (Å²) in [6.07, 6.45) is 5.23. The molecule has 0 atom stereocenters. The highest BCUT2D eigenvalue weighted by atomic mass is 16.6. The van der Waals surface area contributed by atoms with Crippen molar-refractivity contribution >= 4 is 22.1 Å². The van der Waals surface area contributed by atoms with Gasteiger partial charge in [-0.15, -0.1) is 0 Å². The first kappa shape index (κ1) is 13.0. The van der Waals surface area contributed by atoms with Gasteiger partial charge in [0.2, 0.25) is 0 Å². The Bertz CT molecular complexity index is 646. The number of nitrogens with zero attached hydrogens (tertiary/aromatic N) is 2. The molecule has 1 heterocycles.